The molecule has 92 valence electrons. The molecule has 1 saturated carbocycles. The van der Waals surface area contributed by atoms with Crippen LogP contribution in [-0.2, 0) is 0 Å². The molecule has 2 heterocycles. The van der Waals surface area contributed by atoms with E-state index in [1.165, 1.54) is 58.4 Å². The third kappa shape index (κ3) is 2.02. The van der Waals surface area contributed by atoms with Gasteiger partial charge in [-0.05, 0) is 37.1 Å². The second-order valence-corrected chi connectivity index (χ2v) is 6.94. The molecule has 2 nitrogen and oxygen atoms in total. The van der Waals surface area contributed by atoms with Crippen LogP contribution < -0.4 is 0 Å². The van der Waals surface area contributed by atoms with E-state index in [9.17, 15) is 0 Å². The Labute approximate surface area is 100.0 Å². The van der Waals surface area contributed by atoms with Crippen LogP contribution in [-0.4, -0.2) is 49.6 Å². The van der Waals surface area contributed by atoms with Gasteiger partial charge in [-0.25, -0.2) is 0 Å². The summed E-state index contributed by atoms with van der Waals surface area (Å²) in [5.74, 6) is 1.98. The molecule has 0 aromatic rings. The first-order valence-corrected chi connectivity index (χ1v) is 7.06. The van der Waals surface area contributed by atoms with E-state index in [2.05, 4.69) is 23.8 Å². The third-order valence-electron chi connectivity index (χ3n) is 5.11. The summed E-state index contributed by atoms with van der Waals surface area (Å²) < 4.78 is 0. The molecule has 0 aromatic carbocycles. The maximum atomic E-state index is 2.72. The number of rotatable bonds is 2. The summed E-state index contributed by atoms with van der Waals surface area (Å²) >= 11 is 0. The van der Waals surface area contributed by atoms with Gasteiger partial charge in [-0.3, -0.25) is 0 Å². The van der Waals surface area contributed by atoms with Gasteiger partial charge in [-0.1, -0.05) is 19.8 Å². The molecular weight excluding hydrogens is 196 g/mol. The Morgan fingerprint density at radius 1 is 1.12 bits per heavy atom. The highest BCUT2D eigenvalue weighted by Crippen LogP contribution is 2.45. The molecule has 0 N–H and O–H groups in total. The van der Waals surface area contributed by atoms with Gasteiger partial charge in [0.25, 0.3) is 0 Å². The summed E-state index contributed by atoms with van der Waals surface area (Å²) in [7, 11) is 2.23. The van der Waals surface area contributed by atoms with Crippen LogP contribution in [0.4, 0.5) is 0 Å². The zero-order valence-electron chi connectivity index (χ0n) is 10.9. The Morgan fingerprint density at radius 2 is 1.75 bits per heavy atom. The average molecular weight is 222 g/mol. The standard InChI is InChI=1S/C14H26N2/c1-12-3-5-14(6-4-12)10-16(11-14)9-13-7-15(2)8-13/h12-13H,3-11H2,1-2H3. The Kier molecular flexibility index (Phi) is 2.75. The number of nitrogens with zero attached hydrogens (tertiary/aromatic N) is 2. The van der Waals surface area contributed by atoms with E-state index in [0.717, 1.165) is 17.3 Å². The van der Waals surface area contributed by atoms with Crippen molar-refractivity contribution in [2.75, 3.05) is 39.8 Å². The van der Waals surface area contributed by atoms with E-state index in [1.54, 1.807) is 0 Å². The van der Waals surface area contributed by atoms with Gasteiger partial charge in [0.2, 0.25) is 0 Å². The molecule has 3 rings (SSSR count). The second-order valence-electron chi connectivity index (χ2n) is 6.94. The normalized spacial score (nSPS) is 32.6. The highest BCUT2D eigenvalue weighted by atomic mass is 15.2. The molecule has 0 unspecified atom stereocenters. The van der Waals surface area contributed by atoms with Gasteiger partial charge in [0.05, 0.1) is 0 Å². The van der Waals surface area contributed by atoms with Crippen molar-refractivity contribution in [3.63, 3.8) is 0 Å². The second kappa shape index (κ2) is 3.99. The summed E-state index contributed by atoms with van der Waals surface area (Å²) in [4.78, 5) is 5.15. The van der Waals surface area contributed by atoms with Gasteiger partial charge in [0, 0.05) is 32.7 Å². The van der Waals surface area contributed by atoms with E-state index in [-0.39, 0.29) is 0 Å². The predicted octanol–water partition coefficient (Wildman–Crippen LogP) is 2.06. The lowest BCUT2D eigenvalue weighted by Gasteiger charge is -2.55. The van der Waals surface area contributed by atoms with Crippen LogP contribution in [0.1, 0.15) is 32.6 Å². The summed E-state index contributed by atoms with van der Waals surface area (Å²) in [6, 6.07) is 0. The fourth-order valence-electron chi connectivity index (χ4n) is 4.03. The lowest BCUT2D eigenvalue weighted by Crippen LogP contribution is -2.61. The van der Waals surface area contributed by atoms with Crippen molar-refractivity contribution in [1.29, 1.82) is 0 Å². The molecule has 0 radical (unpaired) electrons. The number of hydrogen-bond donors (Lipinski definition) is 0. The molecular formula is C14H26N2. The summed E-state index contributed by atoms with van der Waals surface area (Å²) in [6.45, 7) is 9.30. The van der Waals surface area contributed by atoms with Crippen molar-refractivity contribution < 1.29 is 0 Å². The van der Waals surface area contributed by atoms with Crippen molar-refractivity contribution in [3.05, 3.63) is 0 Å². The van der Waals surface area contributed by atoms with Crippen LogP contribution in [0.3, 0.4) is 0 Å². The molecule has 3 aliphatic rings. The molecule has 0 aromatic heterocycles. The third-order valence-corrected chi connectivity index (χ3v) is 5.11. The smallest absolute Gasteiger partial charge is 0.00506 e. The molecule has 1 spiro atoms. The van der Waals surface area contributed by atoms with Crippen molar-refractivity contribution in [2.45, 2.75) is 32.6 Å². The molecule has 2 saturated heterocycles. The van der Waals surface area contributed by atoms with Crippen LogP contribution in [0.5, 0.6) is 0 Å². The fourth-order valence-corrected chi connectivity index (χ4v) is 4.03. The Hall–Kier alpha value is -0.0800. The van der Waals surface area contributed by atoms with Gasteiger partial charge in [-0.2, -0.15) is 0 Å². The monoisotopic (exact) mass is 222 g/mol. The van der Waals surface area contributed by atoms with E-state index in [1.807, 2.05) is 0 Å². The van der Waals surface area contributed by atoms with Crippen LogP contribution in [0, 0.1) is 17.3 Å². The van der Waals surface area contributed by atoms with Crippen molar-refractivity contribution >= 4 is 0 Å². The van der Waals surface area contributed by atoms with Crippen LogP contribution in [0.25, 0.3) is 0 Å². The molecule has 16 heavy (non-hydrogen) atoms. The molecule has 0 atom stereocenters. The predicted molar refractivity (Wildman–Crippen MR) is 67.5 cm³/mol. The highest BCUT2D eigenvalue weighted by Gasteiger charge is 2.45. The Morgan fingerprint density at radius 3 is 2.31 bits per heavy atom. The molecule has 2 heteroatoms. The summed E-state index contributed by atoms with van der Waals surface area (Å²) in [5, 5.41) is 0. The minimum absolute atomic E-state index is 0.766. The highest BCUT2D eigenvalue weighted by molar-refractivity contribution is 4.98. The van der Waals surface area contributed by atoms with Gasteiger partial charge >= 0.3 is 0 Å². The Bertz CT molecular complexity index is 241. The summed E-state index contributed by atoms with van der Waals surface area (Å²) in [6.07, 6.45) is 5.99. The lowest BCUT2D eigenvalue weighted by molar-refractivity contribution is -0.0570. The number of hydrogen-bond acceptors (Lipinski definition) is 2. The van der Waals surface area contributed by atoms with Crippen LogP contribution in [0.15, 0.2) is 0 Å². The minimum atomic E-state index is 0.766. The quantitative estimate of drug-likeness (QED) is 0.705. The van der Waals surface area contributed by atoms with Gasteiger partial charge in [0.1, 0.15) is 0 Å². The molecule has 3 fully saturated rings. The first-order valence-electron chi connectivity index (χ1n) is 7.06. The van der Waals surface area contributed by atoms with Crippen LogP contribution in [0.2, 0.25) is 0 Å². The van der Waals surface area contributed by atoms with E-state index in [0.29, 0.717) is 0 Å². The van der Waals surface area contributed by atoms with E-state index < -0.39 is 0 Å². The molecule has 2 aliphatic heterocycles. The lowest BCUT2D eigenvalue weighted by atomic mass is 9.66. The zero-order chi connectivity index (χ0) is 11.2. The number of likely N-dealkylation sites (tertiary alicyclic amines) is 2. The SMILES string of the molecule is CC1CCC2(CC1)CN(CC1CN(C)C1)C2. The average Bonchev–Trinajstić information content (AvgIpc) is 2.16. The maximum absolute atomic E-state index is 2.72. The minimum Gasteiger partial charge on any atom is -0.306 e. The van der Waals surface area contributed by atoms with Gasteiger partial charge in [-0.15, -0.1) is 0 Å². The Balaban J connectivity index is 1.41. The molecule has 0 amide bonds. The first-order chi connectivity index (χ1) is 7.65. The van der Waals surface area contributed by atoms with E-state index in [4.69, 9.17) is 0 Å². The van der Waals surface area contributed by atoms with Crippen molar-refractivity contribution in [2.24, 2.45) is 17.3 Å². The molecule has 1 aliphatic carbocycles. The van der Waals surface area contributed by atoms with Crippen molar-refractivity contribution in [3.8, 4) is 0 Å². The first kappa shape index (κ1) is 11.0. The largest absolute Gasteiger partial charge is 0.306 e. The topological polar surface area (TPSA) is 6.48 Å². The van der Waals surface area contributed by atoms with Crippen molar-refractivity contribution in [1.82, 2.24) is 9.80 Å². The van der Waals surface area contributed by atoms with Gasteiger partial charge in [0.15, 0.2) is 0 Å². The fraction of sp³-hybridized carbons (Fsp3) is 1.00. The van der Waals surface area contributed by atoms with Crippen LogP contribution >= 0.6 is 0 Å². The maximum Gasteiger partial charge on any atom is 0.00506 e. The zero-order valence-corrected chi connectivity index (χ0v) is 10.9. The van der Waals surface area contributed by atoms with Gasteiger partial charge < -0.3 is 9.80 Å². The molecule has 0 bridgehead atoms. The summed E-state index contributed by atoms with van der Waals surface area (Å²) in [5.41, 5.74) is 0.766. The van der Waals surface area contributed by atoms with E-state index >= 15 is 0 Å².